The summed E-state index contributed by atoms with van der Waals surface area (Å²) in [5.74, 6) is 1.87. The normalized spacial score (nSPS) is 12.2. The average molecular weight is 339 g/mol. The highest BCUT2D eigenvalue weighted by Gasteiger charge is 2.16. The van der Waals surface area contributed by atoms with Crippen LogP contribution >= 0.6 is 0 Å². The smallest absolute Gasteiger partial charge is 0.200 e. The van der Waals surface area contributed by atoms with E-state index in [9.17, 15) is 4.79 Å². The van der Waals surface area contributed by atoms with E-state index in [4.69, 9.17) is 24.2 Å². The lowest BCUT2D eigenvalue weighted by atomic mass is 10.1. The molecule has 0 bridgehead atoms. The van der Waals surface area contributed by atoms with Gasteiger partial charge in [0.2, 0.25) is 0 Å². The maximum absolute atomic E-state index is 12.4. The number of fused-ring (bicyclic) bond motifs is 1. The summed E-state index contributed by atoms with van der Waals surface area (Å²) in [6, 6.07) is 11.9. The fraction of sp³-hybridized carbons (Fsp3) is 0.263. The molecule has 0 radical (unpaired) electrons. The predicted octanol–water partition coefficient (Wildman–Crippen LogP) is 2.99. The highest BCUT2D eigenvalue weighted by molar-refractivity contribution is 5.97. The standard InChI is InChI=1S/C19H17NO5/c1-2-22-18-9-13(11-20)3-5-17(18)25-12-15(21)14-4-6-16-19(10-14)24-8-7-23-16/h3-6,9-10H,2,7-8,12H2,1H3. The highest BCUT2D eigenvalue weighted by atomic mass is 16.6. The van der Waals surface area contributed by atoms with Gasteiger partial charge in [-0.15, -0.1) is 0 Å². The molecule has 3 rings (SSSR count). The summed E-state index contributed by atoms with van der Waals surface area (Å²) in [5.41, 5.74) is 0.949. The molecule has 2 aromatic rings. The molecule has 1 aliphatic heterocycles. The van der Waals surface area contributed by atoms with E-state index in [1.165, 1.54) is 0 Å². The Morgan fingerprint density at radius 1 is 1.08 bits per heavy atom. The van der Waals surface area contributed by atoms with Gasteiger partial charge >= 0.3 is 0 Å². The molecule has 1 heterocycles. The van der Waals surface area contributed by atoms with Gasteiger partial charge in [0.25, 0.3) is 0 Å². The van der Waals surface area contributed by atoms with Crippen LogP contribution in [-0.2, 0) is 0 Å². The summed E-state index contributed by atoms with van der Waals surface area (Å²) in [6.45, 7) is 3.09. The van der Waals surface area contributed by atoms with Crippen molar-refractivity contribution in [2.45, 2.75) is 6.92 Å². The molecule has 0 aliphatic carbocycles. The number of hydrogen-bond donors (Lipinski definition) is 0. The predicted molar refractivity (Wildman–Crippen MR) is 89.6 cm³/mol. The second-order valence-electron chi connectivity index (χ2n) is 5.28. The number of benzene rings is 2. The Morgan fingerprint density at radius 2 is 1.88 bits per heavy atom. The summed E-state index contributed by atoms with van der Waals surface area (Å²) in [7, 11) is 0. The molecule has 25 heavy (non-hydrogen) atoms. The number of rotatable bonds is 6. The first-order valence-corrected chi connectivity index (χ1v) is 7.94. The zero-order valence-corrected chi connectivity index (χ0v) is 13.8. The van der Waals surface area contributed by atoms with Crippen LogP contribution < -0.4 is 18.9 Å². The lowest BCUT2D eigenvalue weighted by Crippen LogP contribution is -2.17. The lowest BCUT2D eigenvalue weighted by molar-refractivity contribution is 0.0917. The summed E-state index contributed by atoms with van der Waals surface area (Å²) >= 11 is 0. The van der Waals surface area contributed by atoms with E-state index in [1.807, 2.05) is 13.0 Å². The monoisotopic (exact) mass is 339 g/mol. The third kappa shape index (κ3) is 3.83. The van der Waals surface area contributed by atoms with Crippen molar-refractivity contribution < 1.29 is 23.7 Å². The van der Waals surface area contributed by atoms with Crippen LogP contribution in [0.15, 0.2) is 36.4 Å². The molecule has 0 spiro atoms. The van der Waals surface area contributed by atoms with Crippen molar-refractivity contribution >= 4 is 5.78 Å². The average Bonchev–Trinajstić information content (AvgIpc) is 2.66. The molecule has 0 amide bonds. The molecule has 128 valence electrons. The van der Waals surface area contributed by atoms with Crippen LogP contribution in [0.25, 0.3) is 0 Å². The topological polar surface area (TPSA) is 77.8 Å². The van der Waals surface area contributed by atoms with Crippen molar-refractivity contribution in [3.8, 4) is 29.1 Å². The fourth-order valence-corrected chi connectivity index (χ4v) is 2.41. The Balaban J connectivity index is 1.71. The van der Waals surface area contributed by atoms with E-state index in [1.54, 1.807) is 36.4 Å². The molecule has 6 heteroatoms. The summed E-state index contributed by atoms with van der Waals surface area (Å²) in [5, 5.41) is 8.96. The molecule has 0 unspecified atom stereocenters. The fourth-order valence-electron chi connectivity index (χ4n) is 2.41. The number of nitriles is 1. The third-order valence-corrected chi connectivity index (χ3v) is 3.60. The number of Topliss-reactive ketones (excluding diaryl/α,β-unsaturated/α-hetero) is 1. The van der Waals surface area contributed by atoms with Crippen LogP contribution in [0.1, 0.15) is 22.8 Å². The van der Waals surface area contributed by atoms with Crippen LogP contribution in [0.2, 0.25) is 0 Å². The van der Waals surface area contributed by atoms with Gasteiger partial charge in [0.1, 0.15) is 13.2 Å². The van der Waals surface area contributed by atoms with Crippen LogP contribution in [0.5, 0.6) is 23.0 Å². The third-order valence-electron chi connectivity index (χ3n) is 3.60. The van der Waals surface area contributed by atoms with Crippen molar-refractivity contribution in [2.24, 2.45) is 0 Å². The first kappa shape index (κ1) is 16.7. The van der Waals surface area contributed by atoms with E-state index < -0.39 is 0 Å². The number of carbonyl (C=O) groups excluding carboxylic acids is 1. The zero-order chi connectivity index (χ0) is 17.6. The number of ether oxygens (including phenoxy) is 4. The van der Waals surface area contributed by atoms with Gasteiger partial charge in [-0.1, -0.05) is 0 Å². The SMILES string of the molecule is CCOc1cc(C#N)ccc1OCC(=O)c1ccc2c(c1)OCCO2. The van der Waals surface area contributed by atoms with Crippen molar-refractivity contribution in [1.29, 1.82) is 5.26 Å². The van der Waals surface area contributed by atoms with E-state index in [0.29, 0.717) is 53.9 Å². The molecule has 0 saturated heterocycles. The number of nitrogens with zero attached hydrogens (tertiary/aromatic N) is 1. The Morgan fingerprint density at radius 3 is 2.64 bits per heavy atom. The Kier molecular flexibility index (Phi) is 5.05. The highest BCUT2D eigenvalue weighted by Crippen LogP contribution is 2.31. The van der Waals surface area contributed by atoms with Gasteiger partial charge in [0.05, 0.1) is 18.2 Å². The van der Waals surface area contributed by atoms with Gasteiger partial charge < -0.3 is 18.9 Å². The first-order valence-electron chi connectivity index (χ1n) is 7.94. The summed E-state index contributed by atoms with van der Waals surface area (Å²) in [4.78, 5) is 12.4. The van der Waals surface area contributed by atoms with Crippen LogP contribution in [0.4, 0.5) is 0 Å². The van der Waals surface area contributed by atoms with Gasteiger partial charge in [0, 0.05) is 11.6 Å². The molecule has 6 nitrogen and oxygen atoms in total. The lowest BCUT2D eigenvalue weighted by Gasteiger charge is -2.18. The summed E-state index contributed by atoms with van der Waals surface area (Å²) < 4.78 is 22.0. The van der Waals surface area contributed by atoms with E-state index in [0.717, 1.165) is 0 Å². The van der Waals surface area contributed by atoms with E-state index in [2.05, 4.69) is 0 Å². The van der Waals surface area contributed by atoms with Crippen LogP contribution in [0.3, 0.4) is 0 Å². The van der Waals surface area contributed by atoms with Crippen molar-refractivity contribution in [3.63, 3.8) is 0 Å². The second kappa shape index (κ2) is 7.58. The zero-order valence-electron chi connectivity index (χ0n) is 13.8. The largest absolute Gasteiger partial charge is 0.490 e. The van der Waals surface area contributed by atoms with Crippen LogP contribution in [-0.4, -0.2) is 32.2 Å². The maximum atomic E-state index is 12.4. The van der Waals surface area contributed by atoms with Gasteiger partial charge in [-0.25, -0.2) is 0 Å². The molecule has 2 aromatic carbocycles. The van der Waals surface area contributed by atoms with Crippen molar-refractivity contribution in [1.82, 2.24) is 0 Å². The van der Waals surface area contributed by atoms with E-state index in [-0.39, 0.29) is 12.4 Å². The van der Waals surface area contributed by atoms with Gasteiger partial charge in [-0.05, 0) is 37.3 Å². The number of hydrogen-bond acceptors (Lipinski definition) is 6. The summed E-state index contributed by atoms with van der Waals surface area (Å²) in [6.07, 6.45) is 0. The van der Waals surface area contributed by atoms with E-state index >= 15 is 0 Å². The number of carbonyl (C=O) groups is 1. The Labute approximate surface area is 145 Å². The quantitative estimate of drug-likeness (QED) is 0.753. The van der Waals surface area contributed by atoms with Gasteiger partial charge in [-0.2, -0.15) is 5.26 Å². The molecule has 0 fully saturated rings. The maximum Gasteiger partial charge on any atom is 0.200 e. The van der Waals surface area contributed by atoms with Crippen molar-refractivity contribution in [2.75, 3.05) is 26.4 Å². The second-order valence-corrected chi connectivity index (χ2v) is 5.28. The molecule has 0 aromatic heterocycles. The first-order chi connectivity index (χ1) is 12.2. The minimum absolute atomic E-state index is 0.147. The molecular formula is C19H17NO5. The number of ketones is 1. The minimum Gasteiger partial charge on any atom is -0.490 e. The molecule has 0 saturated carbocycles. The van der Waals surface area contributed by atoms with Crippen LogP contribution in [0, 0.1) is 11.3 Å². The molecule has 0 N–H and O–H groups in total. The van der Waals surface area contributed by atoms with Gasteiger partial charge in [0.15, 0.2) is 35.4 Å². The molecule has 0 atom stereocenters. The van der Waals surface area contributed by atoms with Gasteiger partial charge in [-0.3, -0.25) is 4.79 Å². The minimum atomic E-state index is -0.191. The Bertz CT molecular complexity index is 825. The molecule has 1 aliphatic rings. The van der Waals surface area contributed by atoms with Crippen molar-refractivity contribution in [3.05, 3.63) is 47.5 Å². The Hall–Kier alpha value is -3.20. The molecular weight excluding hydrogens is 322 g/mol.